The van der Waals surface area contributed by atoms with Crippen LogP contribution in [0.3, 0.4) is 0 Å². The Labute approximate surface area is 137 Å². The van der Waals surface area contributed by atoms with Crippen LogP contribution in [0, 0.1) is 10.3 Å². The van der Waals surface area contributed by atoms with E-state index in [9.17, 15) is 4.91 Å². The lowest BCUT2D eigenvalue weighted by Gasteiger charge is -2.34. The van der Waals surface area contributed by atoms with Gasteiger partial charge in [0.05, 0.1) is 0 Å². The van der Waals surface area contributed by atoms with Crippen molar-refractivity contribution in [3.8, 4) is 11.1 Å². The van der Waals surface area contributed by atoms with Gasteiger partial charge in [0.25, 0.3) is 0 Å². The Balaban J connectivity index is 1.73. The van der Waals surface area contributed by atoms with Crippen LogP contribution < -0.4 is 0 Å². The Morgan fingerprint density at radius 1 is 0.957 bits per heavy atom. The predicted octanol–water partition coefficient (Wildman–Crippen LogP) is 6.27. The maximum atomic E-state index is 10.8. The number of rotatable bonds is 2. The monoisotopic (exact) mass is 303 g/mol. The molecule has 1 saturated carbocycles. The van der Waals surface area contributed by atoms with E-state index in [4.69, 9.17) is 0 Å². The first kappa shape index (κ1) is 14.4. The van der Waals surface area contributed by atoms with E-state index in [2.05, 4.69) is 30.0 Å². The molecule has 2 aliphatic rings. The highest BCUT2D eigenvalue weighted by Gasteiger charge is 2.41. The van der Waals surface area contributed by atoms with Gasteiger partial charge in [0.15, 0.2) is 0 Å². The van der Waals surface area contributed by atoms with Gasteiger partial charge >= 0.3 is 0 Å². The zero-order valence-electron chi connectivity index (χ0n) is 13.3. The van der Waals surface area contributed by atoms with E-state index >= 15 is 0 Å². The number of allylic oxidation sites excluding steroid dienone is 1. The van der Waals surface area contributed by atoms with Gasteiger partial charge in [-0.15, -0.1) is 4.91 Å². The Bertz CT molecular complexity index is 784. The van der Waals surface area contributed by atoms with Crippen molar-refractivity contribution in [2.75, 3.05) is 0 Å². The van der Waals surface area contributed by atoms with Gasteiger partial charge in [-0.2, -0.15) is 0 Å². The molecule has 116 valence electrons. The molecule has 23 heavy (non-hydrogen) atoms. The van der Waals surface area contributed by atoms with Crippen LogP contribution in [-0.2, 0) is 6.42 Å². The first-order valence-electron chi connectivity index (χ1n) is 8.48. The topological polar surface area (TPSA) is 29.4 Å². The molecular formula is C21H21NO. The number of nitroso groups, excluding NO2 is 1. The fourth-order valence-electron chi connectivity index (χ4n) is 4.40. The van der Waals surface area contributed by atoms with Crippen molar-refractivity contribution in [1.82, 2.24) is 0 Å². The summed E-state index contributed by atoms with van der Waals surface area (Å²) in [6.07, 6.45) is 7.72. The SMILES string of the molecule is C=C1c2cc(-c3cccc(N=O)c3)ccc2CC12CCCCC2. The normalized spacial score (nSPS) is 18.9. The molecule has 1 fully saturated rings. The minimum atomic E-state index is 0.311. The van der Waals surface area contributed by atoms with Crippen molar-refractivity contribution in [1.29, 1.82) is 0 Å². The van der Waals surface area contributed by atoms with E-state index in [0.29, 0.717) is 11.1 Å². The van der Waals surface area contributed by atoms with Crippen LogP contribution in [0.5, 0.6) is 0 Å². The average Bonchev–Trinajstić information content (AvgIpc) is 2.87. The highest BCUT2D eigenvalue weighted by Crippen LogP contribution is 2.54. The standard InChI is InChI=1S/C21H21NO/c1-15-20-13-17(16-6-5-7-19(12-16)22-23)8-9-18(20)14-21(15)10-3-2-4-11-21/h5-9,12-13H,1-4,10-11,14H2. The largest absolute Gasteiger partial charge is 0.145 e. The molecule has 2 heteroatoms. The third kappa shape index (κ3) is 2.33. The van der Waals surface area contributed by atoms with Gasteiger partial charge in [0.2, 0.25) is 0 Å². The van der Waals surface area contributed by atoms with Crippen molar-refractivity contribution in [3.05, 3.63) is 65.1 Å². The summed E-state index contributed by atoms with van der Waals surface area (Å²) >= 11 is 0. The molecule has 0 atom stereocenters. The first-order chi connectivity index (χ1) is 11.2. The average molecular weight is 303 g/mol. The summed E-state index contributed by atoms with van der Waals surface area (Å²) in [5.74, 6) is 0. The molecule has 0 aromatic heterocycles. The summed E-state index contributed by atoms with van der Waals surface area (Å²) in [7, 11) is 0. The Kier molecular flexibility index (Phi) is 3.41. The predicted molar refractivity (Wildman–Crippen MR) is 95.6 cm³/mol. The summed E-state index contributed by atoms with van der Waals surface area (Å²) in [5, 5.41) is 3.04. The van der Waals surface area contributed by atoms with Crippen LogP contribution in [0.2, 0.25) is 0 Å². The maximum absolute atomic E-state index is 10.8. The maximum Gasteiger partial charge on any atom is 0.108 e. The summed E-state index contributed by atoms with van der Waals surface area (Å²) in [5.41, 5.74) is 7.07. The number of nitrogens with zero attached hydrogens (tertiary/aromatic N) is 1. The van der Waals surface area contributed by atoms with Crippen LogP contribution >= 0.6 is 0 Å². The van der Waals surface area contributed by atoms with E-state index in [1.165, 1.54) is 48.8 Å². The molecule has 0 N–H and O–H groups in total. The molecule has 0 heterocycles. The van der Waals surface area contributed by atoms with Crippen molar-refractivity contribution < 1.29 is 0 Å². The summed E-state index contributed by atoms with van der Waals surface area (Å²) in [4.78, 5) is 10.8. The third-order valence-electron chi connectivity index (χ3n) is 5.70. The third-order valence-corrected chi connectivity index (χ3v) is 5.70. The molecule has 0 unspecified atom stereocenters. The van der Waals surface area contributed by atoms with E-state index in [-0.39, 0.29) is 0 Å². The Morgan fingerprint density at radius 2 is 1.74 bits per heavy atom. The number of hydrogen-bond donors (Lipinski definition) is 0. The molecule has 0 amide bonds. The van der Waals surface area contributed by atoms with Gasteiger partial charge in [0, 0.05) is 0 Å². The summed E-state index contributed by atoms with van der Waals surface area (Å²) in [6, 6.07) is 14.2. The van der Waals surface area contributed by atoms with E-state index in [1.807, 2.05) is 18.2 Å². The minimum Gasteiger partial charge on any atom is -0.145 e. The molecule has 0 aliphatic heterocycles. The van der Waals surface area contributed by atoms with E-state index in [0.717, 1.165) is 17.5 Å². The van der Waals surface area contributed by atoms with Gasteiger partial charge in [-0.25, -0.2) is 0 Å². The van der Waals surface area contributed by atoms with Crippen LogP contribution in [0.15, 0.2) is 54.2 Å². The first-order valence-corrected chi connectivity index (χ1v) is 8.48. The van der Waals surface area contributed by atoms with Gasteiger partial charge in [-0.05, 0) is 75.9 Å². The zero-order chi connectivity index (χ0) is 15.9. The van der Waals surface area contributed by atoms with Crippen molar-refractivity contribution in [3.63, 3.8) is 0 Å². The number of benzene rings is 2. The smallest absolute Gasteiger partial charge is 0.108 e. The van der Waals surface area contributed by atoms with Crippen LogP contribution in [0.1, 0.15) is 43.2 Å². The Hall–Kier alpha value is -2.22. The quantitative estimate of drug-likeness (QED) is 0.601. The van der Waals surface area contributed by atoms with Crippen LogP contribution in [-0.4, -0.2) is 0 Å². The van der Waals surface area contributed by atoms with E-state index in [1.54, 1.807) is 6.07 Å². The molecule has 1 spiro atoms. The number of fused-ring (bicyclic) bond motifs is 1. The van der Waals surface area contributed by atoms with Gasteiger partial charge in [-0.3, -0.25) is 0 Å². The highest BCUT2D eigenvalue weighted by atomic mass is 16.3. The number of hydrogen-bond acceptors (Lipinski definition) is 2. The van der Waals surface area contributed by atoms with Gasteiger partial charge in [0.1, 0.15) is 5.69 Å². The van der Waals surface area contributed by atoms with Crippen molar-refractivity contribution in [2.24, 2.45) is 10.6 Å². The van der Waals surface area contributed by atoms with E-state index < -0.39 is 0 Å². The molecule has 4 rings (SSSR count). The fourth-order valence-corrected chi connectivity index (χ4v) is 4.40. The van der Waals surface area contributed by atoms with Crippen molar-refractivity contribution >= 4 is 11.3 Å². The van der Waals surface area contributed by atoms with Gasteiger partial charge < -0.3 is 0 Å². The van der Waals surface area contributed by atoms with Crippen LogP contribution in [0.4, 0.5) is 5.69 Å². The Morgan fingerprint density at radius 3 is 2.52 bits per heavy atom. The van der Waals surface area contributed by atoms with Crippen molar-refractivity contribution in [2.45, 2.75) is 38.5 Å². The lowest BCUT2D eigenvalue weighted by Crippen LogP contribution is -2.23. The molecule has 2 aromatic rings. The molecule has 0 radical (unpaired) electrons. The molecule has 2 nitrogen and oxygen atoms in total. The lowest BCUT2D eigenvalue weighted by molar-refractivity contribution is 0.279. The molecular weight excluding hydrogens is 282 g/mol. The summed E-state index contributed by atoms with van der Waals surface area (Å²) < 4.78 is 0. The lowest BCUT2D eigenvalue weighted by atomic mass is 9.70. The van der Waals surface area contributed by atoms with Crippen LogP contribution in [0.25, 0.3) is 16.7 Å². The molecule has 2 aromatic carbocycles. The fraction of sp³-hybridized carbons (Fsp3) is 0.333. The second-order valence-corrected chi connectivity index (χ2v) is 7.01. The van der Waals surface area contributed by atoms with Gasteiger partial charge in [-0.1, -0.05) is 50.1 Å². The minimum absolute atomic E-state index is 0.311. The molecule has 2 aliphatic carbocycles. The molecule has 0 bridgehead atoms. The zero-order valence-corrected chi connectivity index (χ0v) is 13.3. The summed E-state index contributed by atoms with van der Waals surface area (Å²) in [6.45, 7) is 4.47. The second kappa shape index (κ2) is 5.45. The second-order valence-electron chi connectivity index (χ2n) is 7.01. The molecule has 0 saturated heterocycles. The highest BCUT2D eigenvalue weighted by molar-refractivity contribution is 5.80.